The van der Waals surface area contributed by atoms with Crippen LogP contribution in [0.4, 0.5) is 15.3 Å². The number of hydrogen-bond donors (Lipinski definition) is 3. The van der Waals surface area contributed by atoms with Gasteiger partial charge >= 0.3 is 12.2 Å². The van der Waals surface area contributed by atoms with Crippen LogP contribution < -0.4 is 16.0 Å². The number of hydrogen-bond acceptors (Lipinski definition) is 10. The lowest BCUT2D eigenvalue weighted by Gasteiger charge is -2.32. The second kappa shape index (κ2) is 23.6. The molecule has 0 unspecified atom stereocenters. The molecule has 1 aliphatic heterocycles. The van der Waals surface area contributed by atoms with Crippen LogP contribution in [0, 0.1) is 0 Å². The summed E-state index contributed by atoms with van der Waals surface area (Å²) >= 11 is 0. The van der Waals surface area contributed by atoms with Gasteiger partial charge in [-0.3, -0.25) is 9.69 Å². The molecule has 0 atom stereocenters. The Labute approximate surface area is 315 Å². The van der Waals surface area contributed by atoms with Gasteiger partial charge in [0.05, 0.1) is 6.54 Å². The molecule has 52 heavy (non-hydrogen) atoms. The van der Waals surface area contributed by atoms with Crippen molar-refractivity contribution in [3.05, 3.63) is 29.8 Å². The number of anilines is 1. The minimum Gasteiger partial charge on any atom is -0.444 e. The maximum absolute atomic E-state index is 13.1. The lowest BCUT2D eigenvalue weighted by molar-refractivity contribution is -0.117. The van der Waals surface area contributed by atoms with Gasteiger partial charge in [0.2, 0.25) is 5.91 Å². The summed E-state index contributed by atoms with van der Waals surface area (Å²) in [6, 6.07) is 7.98. The third-order valence-corrected chi connectivity index (χ3v) is 8.85. The summed E-state index contributed by atoms with van der Waals surface area (Å²) in [5.74, 6) is 0.00896. The largest absolute Gasteiger partial charge is 0.444 e. The molecular formula is C39H72N8O5. The fraction of sp³-hybridized carbons (Fsp3) is 0.769. The second-order valence-corrected chi connectivity index (χ2v) is 15.8. The van der Waals surface area contributed by atoms with Gasteiger partial charge < -0.3 is 45.0 Å². The Hall–Kier alpha value is -2.97. The number of carbonyl (C=O) groups is 3. The van der Waals surface area contributed by atoms with Crippen molar-refractivity contribution < 1.29 is 23.9 Å². The molecule has 0 bridgehead atoms. The van der Waals surface area contributed by atoms with E-state index in [-0.39, 0.29) is 12.0 Å². The fourth-order valence-corrected chi connectivity index (χ4v) is 5.72. The van der Waals surface area contributed by atoms with Crippen LogP contribution in [0.15, 0.2) is 24.3 Å². The van der Waals surface area contributed by atoms with E-state index in [1.807, 2.05) is 65.8 Å². The number of rotatable bonds is 16. The summed E-state index contributed by atoms with van der Waals surface area (Å²) in [6.45, 7) is 28.9. The molecule has 1 aliphatic rings. The van der Waals surface area contributed by atoms with Crippen LogP contribution in [0.5, 0.6) is 0 Å². The molecule has 0 saturated carbocycles. The summed E-state index contributed by atoms with van der Waals surface area (Å²) in [5.41, 5.74) is 0.800. The standard InChI is InChI=1S/C39H72N8O5/c1-10-44-25-23-43(9)24-26-46(30-29-45(11-2)28-27-44)32-35(48)42-34-17-15-33(16-18-34)31-40-19-14-22-47(37(50)52-39(6,7)8)21-13-12-20-41-36(49)51-38(3,4)5/h15-18,40H,10-14,19-32H2,1-9H3,(H,41,49)(H,42,48). The van der Waals surface area contributed by atoms with Crippen molar-refractivity contribution in [1.82, 2.24) is 35.1 Å². The molecule has 13 heteroatoms. The number of benzene rings is 1. The van der Waals surface area contributed by atoms with Gasteiger partial charge in [-0.15, -0.1) is 0 Å². The van der Waals surface area contributed by atoms with E-state index in [4.69, 9.17) is 9.47 Å². The van der Waals surface area contributed by atoms with Crippen molar-refractivity contribution in [2.75, 3.05) is 111 Å². The van der Waals surface area contributed by atoms with Gasteiger partial charge in [-0.1, -0.05) is 26.0 Å². The molecule has 1 saturated heterocycles. The van der Waals surface area contributed by atoms with Crippen molar-refractivity contribution in [2.24, 2.45) is 0 Å². The van der Waals surface area contributed by atoms with Crippen LogP contribution in [0.1, 0.15) is 80.2 Å². The first kappa shape index (κ1) is 45.2. The highest BCUT2D eigenvalue weighted by atomic mass is 16.6. The molecule has 1 aromatic carbocycles. The first-order chi connectivity index (χ1) is 24.6. The van der Waals surface area contributed by atoms with E-state index in [0.29, 0.717) is 32.7 Å². The molecule has 0 aliphatic carbocycles. The third kappa shape index (κ3) is 20.9. The average molecular weight is 733 g/mol. The predicted octanol–water partition coefficient (Wildman–Crippen LogP) is 4.54. The number of ether oxygens (including phenoxy) is 2. The molecule has 3 N–H and O–H groups in total. The van der Waals surface area contributed by atoms with Crippen LogP contribution in [0.3, 0.4) is 0 Å². The number of alkyl carbamates (subject to hydrolysis) is 1. The van der Waals surface area contributed by atoms with Gasteiger partial charge in [0.15, 0.2) is 0 Å². The Bertz CT molecular complexity index is 1170. The van der Waals surface area contributed by atoms with E-state index in [2.05, 4.69) is 56.4 Å². The number of amides is 3. The molecular weight excluding hydrogens is 660 g/mol. The fourth-order valence-electron chi connectivity index (χ4n) is 5.72. The SMILES string of the molecule is CCN1CCN(C)CCN(CC(=O)Nc2ccc(CNCCCN(CCCCNC(=O)OC(C)(C)C)C(=O)OC(C)(C)C)cc2)CCN(CC)CC1. The van der Waals surface area contributed by atoms with Crippen LogP contribution >= 0.6 is 0 Å². The summed E-state index contributed by atoms with van der Waals surface area (Å²) < 4.78 is 10.9. The van der Waals surface area contributed by atoms with Crippen LogP contribution in [-0.4, -0.2) is 159 Å². The number of nitrogens with zero attached hydrogens (tertiary/aromatic N) is 5. The Kier molecular flexibility index (Phi) is 20.5. The maximum atomic E-state index is 13.1. The monoisotopic (exact) mass is 733 g/mol. The van der Waals surface area contributed by atoms with E-state index in [0.717, 1.165) is 103 Å². The number of nitrogens with one attached hydrogen (secondary N) is 3. The smallest absolute Gasteiger partial charge is 0.410 e. The molecule has 0 aromatic heterocycles. The molecule has 298 valence electrons. The van der Waals surface area contributed by atoms with E-state index in [9.17, 15) is 14.4 Å². The molecule has 3 amide bonds. The molecule has 13 nitrogen and oxygen atoms in total. The van der Waals surface area contributed by atoms with Crippen molar-refractivity contribution in [3.63, 3.8) is 0 Å². The van der Waals surface area contributed by atoms with E-state index in [1.54, 1.807) is 4.90 Å². The topological polar surface area (TPSA) is 122 Å². The zero-order valence-corrected chi connectivity index (χ0v) is 34.0. The highest BCUT2D eigenvalue weighted by Gasteiger charge is 2.22. The van der Waals surface area contributed by atoms with Gasteiger partial charge in [0.1, 0.15) is 11.2 Å². The first-order valence-electron chi connectivity index (χ1n) is 19.5. The van der Waals surface area contributed by atoms with Crippen LogP contribution in [0.25, 0.3) is 0 Å². The normalized spacial score (nSPS) is 16.4. The van der Waals surface area contributed by atoms with Gasteiger partial charge in [-0.2, -0.15) is 0 Å². The minimum absolute atomic E-state index is 0.00896. The van der Waals surface area contributed by atoms with E-state index < -0.39 is 17.3 Å². The van der Waals surface area contributed by atoms with Crippen molar-refractivity contribution in [2.45, 2.75) is 92.4 Å². The van der Waals surface area contributed by atoms with Gasteiger partial charge in [0.25, 0.3) is 0 Å². The summed E-state index contributed by atoms with van der Waals surface area (Å²) in [5, 5.41) is 9.33. The molecule has 1 fully saturated rings. The van der Waals surface area contributed by atoms with Gasteiger partial charge in [-0.05, 0) is 105 Å². The zero-order chi connectivity index (χ0) is 38.6. The molecule has 1 aromatic rings. The number of likely N-dealkylation sites (N-methyl/N-ethyl adjacent to an activating group) is 3. The van der Waals surface area contributed by atoms with Crippen LogP contribution in [-0.2, 0) is 20.8 Å². The maximum Gasteiger partial charge on any atom is 0.410 e. The Morgan fingerprint density at radius 2 is 1.25 bits per heavy atom. The molecule has 0 radical (unpaired) electrons. The van der Waals surface area contributed by atoms with Crippen LogP contribution in [0.2, 0.25) is 0 Å². The number of carbonyl (C=O) groups excluding carboxylic acids is 3. The quantitative estimate of drug-likeness (QED) is 0.209. The first-order valence-corrected chi connectivity index (χ1v) is 19.5. The van der Waals surface area contributed by atoms with Crippen molar-refractivity contribution >= 4 is 23.8 Å². The third-order valence-electron chi connectivity index (χ3n) is 8.85. The van der Waals surface area contributed by atoms with E-state index in [1.165, 1.54) is 0 Å². The summed E-state index contributed by atoms with van der Waals surface area (Å²) in [4.78, 5) is 49.3. The Balaban J connectivity index is 1.78. The predicted molar refractivity (Wildman–Crippen MR) is 211 cm³/mol. The van der Waals surface area contributed by atoms with Crippen molar-refractivity contribution in [3.8, 4) is 0 Å². The van der Waals surface area contributed by atoms with E-state index >= 15 is 0 Å². The number of unbranched alkanes of at least 4 members (excludes halogenated alkanes) is 1. The Morgan fingerprint density at radius 3 is 1.83 bits per heavy atom. The highest BCUT2D eigenvalue weighted by Crippen LogP contribution is 2.13. The molecule has 0 spiro atoms. The summed E-state index contributed by atoms with van der Waals surface area (Å²) in [6.07, 6.45) is 1.46. The summed E-state index contributed by atoms with van der Waals surface area (Å²) in [7, 11) is 2.17. The van der Waals surface area contributed by atoms with Crippen molar-refractivity contribution in [1.29, 1.82) is 0 Å². The Morgan fingerprint density at radius 1 is 0.712 bits per heavy atom. The lowest BCUT2D eigenvalue weighted by atomic mass is 10.2. The minimum atomic E-state index is -0.577. The highest BCUT2D eigenvalue weighted by molar-refractivity contribution is 5.92. The zero-order valence-electron chi connectivity index (χ0n) is 34.0. The average Bonchev–Trinajstić information content (AvgIpc) is 3.05. The second-order valence-electron chi connectivity index (χ2n) is 15.8. The molecule has 1 heterocycles. The lowest BCUT2D eigenvalue weighted by Crippen LogP contribution is -2.46. The van der Waals surface area contributed by atoms with Gasteiger partial charge in [-0.25, -0.2) is 9.59 Å². The van der Waals surface area contributed by atoms with Gasteiger partial charge in [0, 0.05) is 84.2 Å². The molecule has 2 rings (SSSR count).